The van der Waals surface area contributed by atoms with Crippen molar-refractivity contribution in [2.24, 2.45) is 5.16 Å². The first-order valence-corrected chi connectivity index (χ1v) is 5.57. The maximum Gasteiger partial charge on any atom is 0.0852 e. The first kappa shape index (κ1) is 11.5. The number of aryl methyl sites for hydroxylation is 2. The fourth-order valence-corrected chi connectivity index (χ4v) is 2.02. The van der Waals surface area contributed by atoms with Gasteiger partial charge in [-0.1, -0.05) is 23.4 Å². The van der Waals surface area contributed by atoms with Crippen LogP contribution in [0.1, 0.15) is 23.6 Å². The molecule has 3 heteroatoms. The predicted molar refractivity (Wildman–Crippen MR) is 69.2 cm³/mol. The molecule has 1 heterocycles. The Morgan fingerprint density at radius 3 is 2.41 bits per heavy atom. The zero-order valence-corrected chi connectivity index (χ0v) is 10.3. The summed E-state index contributed by atoms with van der Waals surface area (Å²) in [5.41, 5.74) is 5.19. The fourth-order valence-electron chi connectivity index (χ4n) is 2.02. The summed E-state index contributed by atoms with van der Waals surface area (Å²) in [6.07, 6.45) is 3.96. The molecular formula is C14H16N2O. The molecule has 1 aromatic heterocycles. The van der Waals surface area contributed by atoms with Gasteiger partial charge in [-0.15, -0.1) is 0 Å². The monoisotopic (exact) mass is 228 g/mol. The van der Waals surface area contributed by atoms with Gasteiger partial charge in [0.25, 0.3) is 0 Å². The molecule has 0 aliphatic heterocycles. The maximum atomic E-state index is 8.76. The summed E-state index contributed by atoms with van der Waals surface area (Å²) in [7, 11) is 0. The van der Waals surface area contributed by atoms with Gasteiger partial charge in [0.15, 0.2) is 0 Å². The average Bonchev–Trinajstić information content (AvgIpc) is 2.77. The first-order chi connectivity index (χ1) is 8.13. The number of benzene rings is 1. The third-order valence-electron chi connectivity index (χ3n) is 2.96. The lowest BCUT2D eigenvalue weighted by atomic mass is 10.1. The van der Waals surface area contributed by atoms with Crippen LogP contribution in [-0.4, -0.2) is 15.5 Å². The van der Waals surface area contributed by atoms with Crippen molar-refractivity contribution in [3.63, 3.8) is 0 Å². The average molecular weight is 228 g/mol. The van der Waals surface area contributed by atoms with E-state index in [1.165, 1.54) is 16.8 Å². The Bertz CT molecular complexity index is 547. The van der Waals surface area contributed by atoms with Crippen molar-refractivity contribution in [2.45, 2.75) is 20.8 Å². The topological polar surface area (TPSA) is 37.5 Å². The number of rotatable bonds is 2. The molecule has 0 amide bonds. The SMILES string of the molecule is CC(=NO)c1ccn(-c2c(C)cccc2C)c1. The molecule has 0 spiro atoms. The van der Waals surface area contributed by atoms with Crippen LogP contribution in [-0.2, 0) is 0 Å². The van der Waals surface area contributed by atoms with Gasteiger partial charge >= 0.3 is 0 Å². The highest BCUT2D eigenvalue weighted by Crippen LogP contribution is 2.19. The second-order valence-electron chi connectivity index (χ2n) is 4.23. The third-order valence-corrected chi connectivity index (χ3v) is 2.96. The van der Waals surface area contributed by atoms with Crippen LogP contribution in [0.5, 0.6) is 0 Å². The van der Waals surface area contributed by atoms with Gasteiger partial charge in [0.2, 0.25) is 0 Å². The Morgan fingerprint density at radius 1 is 1.18 bits per heavy atom. The lowest BCUT2D eigenvalue weighted by molar-refractivity contribution is 0.319. The summed E-state index contributed by atoms with van der Waals surface area (Å²) in [6, 6.07) is 8.18. The van der Waals surface area contributed by atoms with Gasteiger partial charge in [-0.05, 0) is 38.0 Å². The molecule has 1 aromatic carbocycles. The van der Waals surface area contributed by atoms with E-state index in [1.807, 2.05) is 18.5 Å². The van der Waals surface area contributed by atoms with E-state index in [0.717, 1.165) is 5.56 Å². The zero-order chi connectivity index (χ0) is 12.4. The number of para-hydroxylation sites is 1. The van der Waals surface area contributed by atoms with Crippen molar-refractivity contribution in [3.8, 4) is 5.69 Å². The predicted octanol–water partition coefficient (Wildman–Crippen LogP) is 3.29. The Labute approximate surface area is 101 Å². The van der Waals surface area contributed by atoms with Gasteiger partial charge in [-0.25, -0.2) is 0 Å². The Kier molecular flexibility index (Phi) is 3.00. The summed E-state index contributed by atoms with van der Waals surface area (Å²) in [5.74, 6) is 0. The van der Waals surface area contributed by atoms with Crippen molar-refractivity contribution >= 4 is 5.71 Å². The molecule has 2 aromatic rings. The van der Waals surface area contributed by atoms with Crippen LogP contribution in [0.3, 0.4) is 0 Å². The van der Waals surface area contributed by atoms with Gasteiger partial charge < -0.3 is 9.77 Å². The zero-order valence-electron chi connectivity index (χ0n) is 10.3. The van der Waals surface area contributed by atoms with Crippen LogP contribution in [0, 0.1) is 13.8 Å². The van der Waals surface area contributed by atoms with Crippen molar-refractivity contribution in [1.29, 1.82) is 0 Å². The second-order valence-corrected chi connectivity index (χ2v) is 4.23. The van der Waals surface area contributed by atoms with Crippen LogP contribution >= 0.6 is 0 Å². The minimum atomic E-state index is 0.620. The van der Waals surface area contributed by atoms with Crippen molar-refractivity contribution in [3.05, 3.63) is 53.3 Å². The molecule has 0 unspecified atom stereocenters. The highest BCUT2D eigenvalue weighted by Gasteiger charge is 2.06. The molecule has 0 radical (unpaired) electrons. The standard InChI is InChI=1S/C14H16N2O/c1-10-5-4-6-11(2)14(10)16-8-7-13(9-16)12(3)15-17/h4-9,17H,1-3H3. The molecule has 0 saturated carbocycles. The van der Waals surface area contributed by atoms with Crippen LogP contribution in [0.15, 0.2) is 41.8 Å². The number of nitrogens with zero attached hydrogens (tertiary/aromatic N) is 2. The normalized spacial score (nSPS) is 11.8. The van der Waals surface area contributed by atoms with Crippen LogP contribution in [0.4, 0.5) is 0 Å². The van der Waals surface area contributed by atoms with E-state index in [-0.39, 0.29) is 0 Å². The molecule has 2 rings (SSSR count). The molecule has 0 aliphatic carbocycles. The Hall–Kier alpha value is -2.03. The van der Waals surface area contributed by atoms with Crippen LogP contribution in [0.2, 0.25) is 0 Å². The molecule has 0 fully saturated rings. The number of aromatic nitrogens is 1. The van der Waals surface area contributed by atoms with E-state index < -0.39 is 0 Å². The summed E-state index contributed by atoms with van der Waals surface area (Å²) < 4.78 is 2.06. The van der Waals surface area contributed by atoms with Crippen molar-refractivity contribution < 1.29 is 5.21 Å². The minimum absolute atomic E-state index is 0.620. The molecule has 0 bridgehead atoms. The van der Waals surface area contributed by atoms with E-state index in [0.29, 0.717) is 5.71 Å². The molecule has 17 heavy (non-hydrogen) atoms. The number of oxime groups is 1. The van der Waals surface area contributed by atoms with E-state index >= 15 is 0 Å². The van der Waals surface area contributed by atoms with Crippen molar-refractivity contribution in [1.82, 2.24) is 4.57 Å². The molecular weight excluding hydrogens is 212 g/mol. The summed E-state index contributed by atoms with van der Waals surface area (Å²) >= 11 is 0. The fraction of sp³-hybridized carbons (Fsp3) is 0.214. The van der Waals surface area contributed by atoms with Gasteiger partial charge in [-0.2, -0.15) is 0 Å². The van der Waals surface area contributed by atoms with Gasteiger partial charge in [0.05, 0.1) is 11.4 Å². The second kappa shape index (κ2) is 4.45. The number of hydrogen-bond donors (Lipinski definition) is 1. The molecule has 88 valence electrons. The maximum absolute atomic E-state index is 8.76. The van der Waals surface area contributed by atoms with E-state index in [4.69, 9.17) is 5.21 Å². The summed E-state index contributed by atoms with van der Waals surface area (Å²) in [4.78, 5) is 0. The van der Waals surface area contributed by atoms with Gasteiger partial charge in [-0.3, -0.25) is 0 Å². The third kappa shape index (κ3) is 2.09. The summed E-state index contributed by atoms with van der Waals surface area (Å²) in [6.45, 7) is 5.97. The van der Waals surface area contributed by atoms with Gasteiger partial charge in [0, 0.05) is 18.0 Å². The smallest absolute Gasteiger partial charge is 0.0852 e. The largest absolute Gasteiger partial charge is 0.411 e. The molecule has 3 nitrogen and oxygen atoms in total. The Balaban J connectivity index is 2.51. The molecule has 0 aliphatic rings. The number of hydrogen-bond acceptors (Lipinski definition) is 2. The Morgan fingerprint density at radius 2 is 1.82 bits per heavy atom. The summed E-state index contributed by atoms with van der Waals surface area (Å²) in [5, 5.41) is 12.0. The molecule has 1 N–H and O–H groups in total. The highest BCUT2D eigenvalue weighted by atomic mass is 16.4. The highest BCUT2D eigenvalue weighted by molar-refractivity contribution is 5.98. The van der Waals surface area contributed by atoms with Crippen LogP contribution in [0.25, 0.3) is 5.69 Å². The van der Waals surface area contributed by atoms with Gasteiger partial charge in [0.1, 0.15) is 0 Å². The molecule has 0 atom stereocenters. The lowest BCUT2D eigenvalue weighted by Crippen LogP contribution is -1.98. The lowest BCUT2D eigenvalue weighted by Gasteiger charge is -2.10. The van der Waals surface area contributed by atoms with E-state index in [2.05, 4.69) is 41.8 Å². The minimum Gasteiger partial charge on any atom is -0.411 e. The molecule has 0 saturated heterocycles. The van der Waals surface area contributed by atoms with E-state index in [9.17, 15) is 0 Å². The van der Waals surface area contributed by atoms with Crippen LogP contribution < -0.4 is 0 Å². The first-order valence-electron chi connectivity index (χ1n) is 5.57. The van der Waals surface area contributed by atoms with Crippen molar-refractivity contribution in [2.75, 3.05) is 0 Å². The quantitative estimate of drug-likeness (QED) is 0.478. The van der Waals surface area contributed by atoms with E-state index in [1.54, 1.807) is 6.92 Å².